The van der Waals surface area contributed by atoms with Crippen LogP contribution in [-0.4, -0.2) is 19.9 Å². The average molecular weight is 275 g/mol. The van der Waals surface area contributed by atoms with Gasteiger partial charge in [-0.25, -0.2) is 18.1 Å². The van der Waals surface area contributed by atoms with E-state index in [4.69, 9.17) is 5.73 Å². The number of anilines is 1. The van der Waals surface area contributed by atoms with Crippen LogP contribution in [0.4, 0.5) is 5.13 Å². The minimum absolute atomic E-state index is 0.230. The van der Waals surface area contributed by atoms with Gasteiger partial charge in [0.15, 0.2) is 9.34 Å². The zero-order chi connectivity index (χ0) is 12.8. The zero-order valence-corrected chi connectivity index (χ0v) is 11.8. The number of sulfonamides is 1. The summed E-state index contributed by atoms with van der Waals surface area (Å²) in [5, 5.41) is 0.287. The Balaban J connectivity index is 2.07. The third-order valence-electron chi connectivity index (χ3n) is 3.25. The fourth-order valence-electron chi connectivity index (χ4n) is 1.85. The molecular weight excluding hydrogens is 258 g/mol. The van der Waals surface area contributed by atoms with Crippen LogP contribution in [0.25, 0.3) is 0 Å². The number of thiazole rings is 1. The molecule has 0 amide bonds. The molecule has 7 heteroatoms. The van der Waals surface area contributed by atoms with Gasteiger partial charge in [-0.3, -0.25) is 0 Å². The molecule has 5 nitrogen and oxygen atoms in total. The Morgan fingerprint density at radius 3 is 2.59 bits per heavy atom. The molecule has 96 valence electrons. The van der Waals surface area contributed by atoms with Crippen LogP contribution in [0.2, 0.25) is 0 Å². The summed E-state index contributed by atoms with van der Waals surface area (Å²) in [6, 6.07) is 0. The number of nitrogens with zero attached hydrogens (tertiary/aromatic N) is 1. The largest absolute Gasteiger partial charge is 0.375 e. The molecule has 0 aliphatic heterocycles. The van der Waals surface area contributed by atoms with E-state index >= 15 is 0 Å². The summed E-state index contributed by atoms with van der Waals surface area (Å²) < 4.78 is 26.9. The lowest BCUT2D eigenvalue weighted by atomic mass is 10.1. The fourth-order valence-corrected chi connectivity index (χ4v) is 4.28. The summed E-state index contributed by atoms with van der Waals surface area (Å²) in [7, 11) is -3.45. The lowest BCUT2D eigenvalue weighted by Crippen LogP contribution is -2.26. The molecule has 1 fully saturated rings. The van der Waals surface area contributed by atoms with Gasteiger partial charge in [0.2, 0.25) is 0 Å². The summed E-state index contributed by atoms with van der Waals surface area (Å²) in [5.41, 5.74) is 6.24. The Morgan fingerprint density at radius 1 is 1.59 bits per heavy atom. The molecule has 0 spiro atoms. The van der Waals surface area contributed by atoms with Crippen molar-refractivity contribution in [3.05, 3.63) is 5.69 Å². The van der Waals surface area contributed by atoms with Gasteiger partial charge < -0.3 is 5.73 Å². The number of nitrogens with two attached hydrogens (primary N) is 1. The van der Waals surface area contributed by atoms with Gasteiger partial charge in [0, 0.05) is 6.54 Å². The first kappa shape index (κ1) is 12.8. The molecule has 0 radical (unpaired) electrons. The van der Waals surface area contributed by atoms with Crippen molar-refractivity contribution in [3.63, 3.8) is 0 Å². The van der Waals surface area contributed by atoms with Crippen molar-refractivity contribution in [2.24, 2.45) is 11.3 Å². The minimum Gasteiger partial charge on any atom is -0.375 e. The van der Waals surface area contributed by atoms with E-state index in [1.807, 2.05) is 0 Å². The lowest BCUT2D eigenvalue weighted by Gasteiger charge is -2.06. The maximum absolute atomic E-state index is 12.0. The van der Waals surface area contributed by atoms with E-state index in [1.54, 1.807) is 6.92 Å². The highest BCUT2D eigenvalue weighted by molar-refractivity contribution is 7.91. The van der Waals surface area contributed by atoms with Crippen LogP contribution in [-0.2, 0) is 10.0 Å². The Labute approximate surface area is 105 Å². The first-order chi connectivity index (χ1) is 7.72. The third-order valence-corrected chi connectivity index (χ3v) is 6.27. The van der Waals surface area contributed by atoms with E-state index in [-0.39, 0.29) is 14.8 Å². The van der Waals surface area contributed by atoms with E-state index < -0.39 is 10.0 Å². The first-order valence-corrected chi connectivity index (χ1v) is 7.75. The van der Waals surface area contributed by atoms with Crippen molar-refractivity contribution in [1.29, 1.82) is 0 Å². The van der Waals surface area contributed by atoms with Crippen LogP contribution in [0.15, 0.2) is 4.21 Å². The van der Waals surface area contributed by atoms with Crippen LogP contribution < -0.4 is 10.5 Å². The second-order valence-corrected chi connectivity index (χ2v) is 8.16. The van der Waals surface area contributed by atoms with Gasteiger partial charge >= 0.3 is 0 Å². The van der Waals surface area contributed by atoms with Gasteiger partial charge in [-0.15, -0.1) is 0 Å². The van der Waals surface area contributed by atoms with E-state index in [2.05, 4.69) is 23.6 Å². The molecule has 17 heavy (non-hydrogen) atoms. The molecule has 1 atom stereocenters. The maximum Gasteiger partial charge on any atom is 0.252 e. The van der Waals surface area contributed by atoms with Gasteiger partial charge in [0.05, 0.1) is 5.69 Å². The number of hydrogen-bond acceptors (Lipinski definition) is 5. The monoisotopic (exact) mass is 275 g/mol. The molecule has 1 aliphatic carbocycles. The lowest BCUT2D eigenvalue weighted by molar-refractivity contribution is 0.538. The van der Waals surface area contributed by atoms with E-state index in [9.17, 15) is 8.42 Å². The van der Waals surface area contributed by atoms with Gasteiger partial charge in [-0.1, -0.05) is 25.2 Å². The SMILES string of the molecule is Cc1nc(N)sc1S(=O)(=O)NCC1CC1(C)C. The Kier molecular flexibility index (Phi) is 2.95. The summed E-state index contributed by atoms with van der Waals surface area (Å²) >= 11 is 1.01. The normalized spacial score (nSPS) is 22.6. The van der Waals surface area contributed by atoms with Gasteiger partial charge in [0.25, 0.3) is 10.0 Å². The highest BCUT2D eigenvalue weighted by atomic mass is 32.2. The van der Waals surface area contributed by atoms with Crippen LogP contribution in [0.5, 0.6) is 0 Å². The molecule has 0 aromatic carbocycles. The van der Waals surface area contributed by atoms with Crippen molar-refractivity contribution in [1.82, 2.24) is 9.71 Å². The molecule has 1 aromatic heterocycles. The minimum atomic E-state index is -3.45. The van der Waals surface area contributed by atoms with Gasteiger partial charge in [-0.2, -0.15) is 0 Å². The number of hydrogen-bond donors (Lipinski definition) is 2. The van der Waals surface area contributed by atoms with Crippen LogP contribution in [0, 0.1) is 18.3 Å². The van der Waals surface area contributed by atoms with Gasteiger partial charge in [0.1, 0.15) is 0 Å². The molecule has 1 aromatic rings. The Hall–Kier alpha value is -0.660. The predicted octanol–water partition coefficient (Wildman–Crippen LogP) is 1.36. The topological polar surface area (TPSA) is 85.1 Å². The van der Waals surface area contributed by atoms with Crippen molar-refractivity contribution < 1.29 is 8.42 Å². The summed E-state index contributed by atoms with van der Waals surface area (Å²) in [5.74, 6) is 0.433. The maximum atomic E-state index is 12.0. The summed E-state index contributed by atoms with van der Waals surface area (Å²) in [6.07, 6.45) is 1.07. The molecular formula is C10H17N3O2S2. The summed E-state index contributed by atoms with van der Waals surface area (Å²) in [6.45, 7) is 6.43. The number of nitrogen functional groups attached to an aromatic ring is 1. The van der Waals surface area contributed by atoms with Crippen molar-refractivity contribution in [2.45, 2.75) is 31.4 Å². The highest BCUT2D eigenvalue weighted by Crippen LogP contribution is 2.51. The van der Waals surface area contributed by atoms with Crippen molar-refractivity contribution in [3.8, 4) is 0 Å². The summed E-state index contributed by atoms with van der Waals surface area (Å²) in [4.78, 5) is 3.93. The average Bonchev–Trinajstić information content (AvgIpc) is 2.63. The van der Waals surface area contributed by atoms with Gasteiger partial charge in [-0.05, 0) is 24.7 Å². The second kappa shape index (κ2) is 3.93. The number of aryl methyl sites for hydroxylation is 1. The number of aromatic nitrogens is 1. The van der Waals surface area contributed by atoms with E-state index in [0.29, 0.717) is 18.2 Å². The molecule has 2 rings (SSSR count). The quantitative estimate of drug-likeness (QED) is 0.869. The number of nitrogens with one attached hydrogen (secondary N) is 1. The predicted molar refractivity (Wildman–Crippen MR) is 68.3 cm³/mol. The van der Waals surface area contributed by atoms with Crippen molar-refractivity contribution >= 4 is 26.5 Å². The first-order valence-electron chi connectivity index (χ1n) is 5.45. The smallest absolute Gasteiger partial charge is 0.252 e. The third kappa shape index (κ3) is 2.61. The molecule has 0 saturated heterocycles. The molecule has 1 unspecified atom stereocenters. The Bertz CT molecular complexity index is 534. The van der Waals surface area contributed by atoms with Crippen molar-refractivity contribution in [2.75, 3.05) is 12.3 Å². The fraction of sp³-hybridized carbons (Fsp3) is 0.700. The molecule has 1 saturated carbocycles. The molecule has 0 bridgehead atoms. The zero-order valence-electron chi connectivity index (χ0n) is 10.1. The van der Waals surface area contributed by atoms with E-state index in [1.165, 1.54) is 0 Å². The molecule has 3 N–H and O–H groups in total. The van der Waals surface area contributed by atoms with Crippen LogP contribution in [0.3, 0.4) is 0 Å². The number of rotatable bonds is 4. The second-order valence-electron chi connectivity index (χ2n) is 5.17. The van der Waals surface area contributed by atoms with E-state index in [0.717, 1.165) is 17.8 Å². The standard InChI is InChI=1S/C10H17N3O2S2/c1-6-8(16-9(11)13-6)17(14,15)12-5-7-4-10(7,2)3/h7,12H,4-5H2,1-3H3,(H2,11,13). The van der Waals surface area contributed by atoms with Crippen LogP contribution in [0.1, 0.15) is 26.0 Å². The Morgan fingerprint density at radius 2 is 2.18 bits per heavy atom. The molecule has 1 aliphatic rings. The molecule has 1 heterocycles. The highest BCUT2D eigenvalue weighted by Gasteiger charge is 2.45. The van der Waals surface area contributed by atoms with Crippen LogP contribution >= 0.6 is 11.3 Å².